The van der Waals surface area contributed by atoms with Gasteiger partial charge in [-0.1, -0.05) is 30.1 Å². The van der Waals surface area contributed by atoms with Crippen molar-refractivity contribution in [1.29, 1.82) is 0 Å². The van der Waals surface area contributed by atoms with Crippen LogP contribution >= 0.6 is 23.2 Å². The Morgan fingerprint density at radius 3 is 2.28 bits per heavy atom. The van der Waals surface area contributed by atoms with Crippen LogP contribution in [0.5, 0.6) is 0 Å². The van der Waals surface area contributed by atoms with Gasteiger partial charge in [-0.05, 0) is 30.2 Å². The molecule has 1 unspecified atom stereocenters. The minimum absolute atomic E-state index is 0.218. The van der Waals surface area contributed by atoms with Crippen LogP contribution in [0.25, 0.3) is 0 Å². The first-order valence-corrected chi connectivity index (χ1v) is 7.83. The average molecular weight is 312 g/mol. The van der Waals surface area contributed by atoms with E-state index in [4.69, 9.17) is 28.3 Å². The van der Waals surface area contributed by atoms with E-state index < -0.39 is 16.1 Å². The summed E-state index contributed by atoms with van der Waals surface area (Å²) < 4.78 is 26.1. The van der Waals surface area contributed by atoms with Gasteiger partial charge >= 0.3 is 0 Å². The number of hydrogen-bond acceptors (Lipinski definition) is 3. The van der Waals surface area contributed by atoms with Crippen LogP contribution in [-0.2, 0) is 15.8 Å². The Kier molecular flexibility index (Phi) is 5.88. The summed E-state index contributed by atoms with van der Waals surface area (Å²) in [6.45, 7) is 1.56. The molecular weight excluding hydrogens is 297 g/mol. The minimum atomic E-state index is -3.52. The van der Waals surface area contributed by atoms with Crippen LogP contribution in [0, 0.1) is 0 Å². The van der Waals surface area contributed by atoms with E-state index in [1.165, 1.54) is 6.07 Å². The van der Waals surface area contributed by atoms with E-state index in [1.807, 2.05) is 0 Å². The summed E-state index contributed by atoms with van der Waals surface area (Å²) in [7, 11) is -3.52. The molecule has 4 nitrogen and oxygen atoms in total. The predicted octanol–water partition coefficient (Wildman–Crippen LogP) is 2.18. The third-order valence-electron chi connectivity index (χ3n) is 2.34. The first-order valence-electron chi connectivity index (χ1n) is 5.42. The smallest absolute Gasteiger partial charge is 0.216 e. The Morgan fingerprint density at radius 2 is 1.83 bits per heavy atom. The second-order valence-electron chi connectivity index (χ2n) is 3.94. The zero-order valence-electron chi connectivity index (χ0n) is 9.86. The van der Waals surface area contributed by atoms with Crippen LogP contribution in [0.1, 0.15) is 18.9 Å². The van der Waals surface area contributed by atoms with Gasteiger partial charge in [0.25, 0.3) is 0 Å². The number of benzene rings is 1. The van der Waals surface area contributed by atoms with Gasteiger partial charge < -0.3 is 5.11 Å². The van der Waals surface area contributed by atoms with Crippen LogP contribution in [0.4, 0.5) is 0 Å². The summed E-state index contributed by atoms with van der Waals surface area (Å²) in [6.07, 6.45) is 0.520. The molecule has 0 amide bonds. The molecule has 0 radical (unpaired) electrons. The normalized spacial score (nSPS) is 13.6. The van der Waals surface area contributed by atoms with Gasteiger partial charge in [0.1, 0.15) is 0 Å². The van der Waals surface area contributed by atoms with E-state index in [0.717, 1.165) is 0 Å². The highest BCUT2D eigenvalue weighted by Gasteiger charge is 2.17. The zero-order chi connectivity index (χ0) is 13.8. The third kappa shape index (κ3) is 5.12. The van der Waals surface area contributed by atoms with Crippen molar-refractivity contribution in [2.24, 2.45) is 0 Å². The highest BCUT2D eigenvalue weighted by molar-refractivity contribution is 7.88. The second kappa shape index (κ2) is 6.73. The molecule has 1 aromatic rings. The molecule has 102 valence electrons. The molecule has 0 fully saturated rings. The van der Waals surface area contributed by atoms with Gasteiger partial charge in [-0.25, -0.2) is 13.1 Å². The van der Waals surface area contributed by atoms with Gasteiger partial charge in [-0.3, -0.25) is 0 Å². The average Bonchev–Trinajstić information content (AvgIpc) is 2.23. The summed E-state index contributed by atoms with van der Waals surface area (Å²) >= 11 is 11.6. The van der Waals surface area contributed by atoms with Crippen LogP contribution in [0.2, 0.25) is 10.0 Å². The van der Waals surface area contributed by atoms with Gasteiger partial charge in [0.2, 0.25) is 10.0 Å². The standard InChI is InChI=1S/C11H15Cl2NO3S/c1-2-11(6-15)14-18(16,17)7-8-3-9(12)5-10(13)4-8/h3-5,11,14-15H,2,6-7H2,1H3. The van der Waals surface area contributed by atoms with Crippen molar-refractivity contribution in [3.63, 3.8) is 0 Å². The molecule has 0 heterocycles. The van der Waals surface area contributed by atoms with Crippen molar-refractivity contribution in [3.05, 3.63) is 33.8 Å². The summed E-state index contributed by atoms with van der Waals surface area (Å²) in [5.41, 5.74) is 0.507. The Labute approximate surface area is 117 Å². The third-order valence-corrected chi connectivity index (χ3v) is 4.18. The number of hydrogen-bond donors (Lipinski definition) is 2. The molecule has 2 N–H and O–H groups in total. The first-order chi connectivity index (χ1) is 8.36. The zero-order valence-corrected chi connectivity index (χ0v) is 12.2. The lowest BCUT2D eigenvalue weighted by atomic mass is 10.2. The fraction of sp³-hybridized carbons (Fsp3) is 0.455. The van der Waals surface area contributed by atoms with E-state index in [1.54, 1.807) is 19.1 Å². The molecular formula is C11H15Cl2NO3S. The second-order valence-corrected chi connectivity index (χ2v) is 6.57. The van der Waals surface area contributed by atoms with E-state index in [-0.39, 0.29) is 12.4 Å². The van der Waals surface area contributed by atoms with Crippen molar-refractivity contribution in [2.75, 3.05) is 6.61 Å². The molecule has 1 aromatic carbocycles. The lowest BCUT2D eigenvalue weighted by Crippen LogP contribution is -2.37. The number of aliphatic hydroxyl groups excluding tert-OH is 1. The number of sulfonamides is 1. The molecule has 0 saturated carbocycles. The Morgan fingerprint density at radius 1 is 1.28 bits per heavy atom. The van der Waals surface area contributed by atoms with Gasteiger partial charge in [0, 0.05) is 16.1 Å². The first kappa shape index (κ1) is 15.7. The van der Waals surface area contributed by atoms with Crippen molar-refractivity contribution < 1.29 is 13.5 Å². The SMILES string of the molecule is CCC(CO)NS(=O)(=O)Cc1cc(Cl)cc(Cl)c1. The van der Waals surface area contributed by atoms with E-state index in [0.29, 0.717) is 22.0 Å². The van der Waals surface area contributed by atoms with Gasteiger partial charge in [0.15, 0.2) is 0 Å². The van der Waals surface area contributed by atoms with Crippen LogP contribution in [-0.4, -0.2) is 26.2 Å². The maximum absolute atomic E-state index is 11.8. The maximum Gasteiger partial charge on any atom is 0.216 e. The molecule has 0 spiro atoms. The Bertz CT molecular complexity index is 481. The van der Waals surface area contributed by atoms with Gasteiger partial charge in [-0.15, -0.1) is 0 Å². The van der Waals surface area contributed by atoms with E-state index in [2.05, 4.69) is 4.72 Å². The van der Waals surface area contributed by atoms with Crippen LogP contribution in [0.15, 0.2) is 18.2 Å². The molecule has 0 aliphatic rings. The molecule has 18 heavy (non-hydrogen) atoms. The molecule has 0 aliphatic carbocycles. The minimum Gasteiger partial charge on any atom is -0.395 e. The fourth-order valence-electron chi connectivity index (χ4n) is 1.46. The topological polar surface area (TPSA) is 66.4 Å². The fourth-order valence-corrected chi connectivity index (χ4v) is 3.47. The van der Waals surface area contributed by atoms with Crippen molar-refractivity contribution in [2.45, 2.75) is 25.1 Å². The number of halogens is 2. The van der Waals surface area contributed by atoms with Crippen molar-refractivity contribution >= 4 is 33.2 Å². The lowest BCUT2D eigenvalue weighted by molar-refractivity contribution is 0.254. The van der Waals surface area contributed by atoms with Crippen molar-refractivity contribution in [3.8, 4) is 0 Å². The summed E-state index contributed by atoms with van der Waals surface area (Å²) in [6, 6.07) is 4.17. The molecule has 0 saturated heterocycles. The Hall–Kier alpha value is -0.330. The summed E-state index contributed by atoms with van der Waals surface area (Å²) in [5, 5.41) is 9.76. The van der Waals surface area contributed by atoms with E-state index in [9.17, 15) is 8.42 Å². The number of rotatable bonds is 6. The molecule has 0 aliphatic heterocycles. The Balaban J connectivity index is 2.82. The largest absolute Gasteiger partial charge is 0.395 e. The molecule has 7 heteroatoms. The monoisotopic (exact) mass is 311 g/mol. The number of nitrogens with one attached hydrogen (secondary N) is 1. The summed E-state index contributed by atoms with van der Waals surface area (Å²) in [4.78, 5) is 0. The predicted molar refractivity (Wildman–Crippen MR) is 73.4 cm³/mol. The molecule has 1 atom stereocenters. The van der Waals surface area contributed by atoms with Crippen molar-refractivity contribution in [1.82, 2.24) is 4.72 Å². The highest BCUT2D eigenvalue weighted by atomic mass is 35.5. The lowest BCUT2D eigenvalue weighted by Gasteiger charge is -2.14. The van der Waals surface area contributed by atoms with Gasteiger partial charge in [-0.2, -0.15) is 0 Å². The molecule has 0 bridgehead atoms. The quantitative estimate of drug-likeness (QED) is 0.846. The summed E-state index contributed by atoms with van der Waals surface area (Å²) in [5.74, 6) is -0.218. The highest BCUT2D eigenvalue weighted by Crippen LogP contribution is 2.20. The maximum atomic E-state index is 11.8. The van der Waals surface area contributed by atoms with E-state index >= 15 is 0 Å². The van der Waals surface area contributed by atoms with Gasteiger partial charge in [0.05, 0.1) is 12.4 Å². The van der Waals surface area contributed by atoms with Crippen LogP contribution in [0.3, 0.4) is 0 Å². The van der Waals surface area contributed by atoms with Crippen LogP contribution < -0.4 is 4.72 Å². The number of aliphatic hydroxyl groups is 1. The molecule has 1 rings (SSSR count). The molecule has 0 aromatic heterocycles.